The summed E-state index contributed by atoms with van der Waals surface area (Å²) in [5.41, 5.74) is 12.2. The largest absolute Gasteiger partial charge is 0.496 e. The van der Waals surface area contributed by atoms with Gasteiger partial charge in [-0.15, -0.1) is 0 Å². The standard InChI is InChI=1S/C26H34N2O3/c1-18(28-31-16-24-5-3-4-6-25(24)30-2)19-7-8-21-14-22(10-9-20(21)13-19)23-11-12-26(27,15-23)17-29/h3-6,9-10,14,19,23,29H,7-8,11-13,15-17,27H2,1-2H3/t19?,23-,26+/m0/s1. The molecule has 2 aromatic rings. The molecule has 1 saturated carbocycles. The molecule has 2 aliphatic rings. The highest BCUT2D eigenvalue weighted by Crippen LogP contribution is 2.40. The maximum Gasteiger partial charge on any atom is 0.145 e. The first-order valence-electron chi connectivity index (χ1n) is 11.3. The van der Waals surface area contributed by atoms with Crippen molar-refractivity contribution in [3.8, 4) is 5.75 Å². The SMILES string of the molecule is COc1ccccc1CON=C(C)C1CCc2cc([C@H]3CC[C@](N)(CO)C3)ccc2C1. The van der Waals surface area contributed by atoms with Gasteiger partial charge < -0.3 is 20.4 Å². The number of fused-ring (bicyclic) bond motifs is 1. The number of benzene rings is 2. The zero-order valence-corrected chi connectivity index (χ0v) is 18.6. The summed E-state index contributed by atoms with van der Waals surface area (Å²) in [5, 5.41) is 14.0. The van der Waals surface area contributed by atoms with Gasteiger partial charge in [-0.05, 0) is 74.1 Å². The minimum Gasteiger partial charge on any atom is -0.496 e. The highest BCUT2D eigenvalue weighted by molar-refractivity contribution is 5.84. The zero-order valence-electron chi connectivity index (χ0n) is 18.6. The highest BCUT2D eigenvalue weighted by Gasteiger charge is 2.36. The summed E-state index contributed by atoms with van der Waals surface area (Å²) in [6.07, 6.45) is 6.00. The van der Waals surface area contributed by atoms with Gasteiger partial charge in [0.2, 0.25) is 0 Å². The predicted molar refractivity (Wildman–Crippen MR) is 123 cm³/mol. The lowest BCUT2D eigenvalue weighted by atomic mass is 9.80. The molecule has 31 heavy (non-hydrogen) atoms. The average molecular weight is 423 g/mol. The lowest BCUT2D eigenvalue weighted by Gasteiger charge is -2.26. The van der Waals surface area contributed by atoms with Crippen molar-refractivity contribution in [2.24, 2.45) is 16.8 Å². The molecule has 4 rings (SSSR count). The van der Waals surface area contributed by atoms with Crippen molar-refractivity contribution in [1.82, 2.24) is 0 Å². The minimum absolute atomic E-state index is 0.0772. The van der Waals surface area contributed by atoms with Crippen molar-refractivity contribution in [1.29, 1.82) is 0 Å². The third-order valence-corrected chi connectivity index (χ3v) is 7.10. The molecule has 0 radical (unpaired) electrons. The van der Waals surface area contributed by atoms with Crippen LogP contribution in [0, 0.1) is 5.92 Å². The summed E-state index contributed by atoms with van der Waals surface area (Å²) in [5.74, 6) is 1.70. The van der Waals surface area contributed by atoms with Gasteiger partial charge in [-0.2, -0.15) is 0 Å². The summed E-state index contributed by atoms with van der Waals surface area (Å²) in [6, 6.07) is 14.8. The topological polar surface area (TPSA) is 77.1 Å². The van der Waals surface area contributed by atoms with E-state index >= 15 is 0 Å². The number of oxime groups is 1. The van der Waals surface area contributed by atoms with Crippen molar-refractivity contribution in [2.75, 3.05) is 13.7 Å². The highest BCUT2D eigenvalue weighted by atomic mass is 16.6. The Kier molecular flexibility index (Phi) is 6.63. The first kappa shape index (κ1) is 21.8. The van der Waals surface area contributed by atoms with Gasteiger partial charge in [-0.3, -0.25) is 0 Å². The van der Waals surface area contributed by atoms with Gasteiger partial charge in [0.25, 0.3) is 0 Å². The van der Waals surface area contributed by atoms with Crippen molar-refractivity contribution in [3.05, 3.63) is 64.7 Å². The van der Waals surface area contributed by atoms with Crippen LogP contribution in [-0.4, -0.2) is 30.1 Å². The van der Waals surface area contributed by atoms with Crippen molar-refractivity contribution < 1.29 is 14.7 Å². The van der Waals surface area contributed by atoms with Crippen LogP contribution in [0.1, 0.15) is 60.8 Å². The van der Waals surface area contributed by atoms with Crippen molar-refractivity contribution >= 4 is 5.71 Å². The Morgan fingerprint density at radius 1 is 1.19 bits per heavy atom. The number of aliphatic hydroxyl groups excluding tert-OH is 1. The monoisotopic (exact) mass is 422 g/mol. The smallest absolute Gasteiger partial charge is 0.145 e. The van der Waals surface area contributed by atoms with Crippen molar-refractivity contribution in [2.45, 2.75) is 63.5 Å². The Labute approximate surface area is 185 Å². The Morgan fingerprint density at radius 2 is 2.03 bits per heavy atom. The Morgan fingerprint density at radius 3 is 2.81 bits per heavy atom. The fourth-order valence-corrected chi connectivity index (χ4v) is 5.07. The second-order valence-corrected chi connectivity index (χ2v) is 9.25. The number of aryl methyl sites for hydroxylation is 1. The summed E-state index contributed by atoms with van der Waals surface area (Å²) in [4.78, 5) is 5.66. The first-order valence-corrected chi connectivity index (χ1v) is 11.3. The molecule has 3 N–H and O–H groups in total. The molecule has 0 saturated heterocycles. The first-order chi connectivity index (χ1) is 15.0. The van der Waals surface area contributed by atoms with E-state index in [4.69, 9.17) is 15.3 Å². The fourth-order valence-electron chi connectivity index (χ4n) is 5.07. The number of para-hydroxylation sites is 1. The molecule has 1 unspecified atom stereocenters. The van der Waals surface area contributed by atoms with Crippen LogP contribution in [0.15, 0.2) is 47.6 Å². The number of nitrogens with two attached hydrogens (primary N) is 1. The maximum atomic E-state index is 9.56. The molecule has 0 heterocycles. The van der Waals surface area contributed by atoms with Gasteiger partial charge in [0, 0.05) is 17.0 Å². The Balaban J connectivity index is 1.37. The van der Waals surface area contributed by atoms with Gasteiger partial charge in [-0.25, -0.2) is 0 Å². The molecule has 2 aromatic carbocycles. The molecule has 1 fully saturated rings. The van der Waals surface area contributed by atoms with E-state index in [1.54, 1.807) is 7.11 Å². The predicted octanol–water partition coefficient (Wildman–Crippen LogP) is 4.35. The van der Waals surface area contributed by atoms with E-state index in [9.17, 15) is 5.11 Å². The van der Waals surface area contributed by atoms with E-state index in [0.29, 0.717) is 18.4 Å². The maximum absolute atomic E-state index is 9.56. The molecular weight excluding hydrogens is 388 g/mol. The third-order valence-electron chi connectivity index (χ3n) is 7.10. The molecule has 0 bridgehead atoms. The Hall–Kier alpha value is -2.37. The van der Waals surface area contributed by atoms with Crippen LogP contribution in [0.4, 0.5) is 0 Å². The van der Waals surface area contributed by atoms with Crippen LogP contribution in [0.5, 0.6) is 5.75 Å². The minimum atomic E-state index is -0.400. The number of hydrogen-bond donors (Lipinski definition) is 2. The van der Waals surface area contributed by atoms with Crippen LogP contribution in [0.2, 0.25) is 0 Å². The molecule has 0 aliphatic heterocycles. The lowest BCUT2D eigenvalue weighted by molar-refractivity contribution is 0.126. The van der Waals surface area contributed by atoms with E-state index in [-0.39, 0.29) is 6.61 Å². The second kappa shape index (κ2) is 9.41. The van der Waals surface area contributed by atoms with Gasteiger partial charge in [0.15, 0.2) is 0 Å². The molecule has 166 valence electrons. The summed E-state index contributed by atoms with van der Waals surface area (Å²) < 4.78 is 5.37. The van der Waals surface area contributed by atoms with E-state index < -0.39 is 5.54 Å². The zero-order chi connectivity index (χ0) is 21.8. The number of methoxy groups -OCH3 is 1. The molecule has 5 nitrogen and oxygen atoms in total. The normalized spacial score (nSPS) is 25.9. The van der Waals surface area contributed by atoms with Gasteiger partial charge in [0.05, 0.1) is 19.4 Å². The molecule has 0 amide bonds. The molecule has 3 atom stereocenters. The van der Waals surface area contributed by atoms with Crippen LogP contribution in [0.25, 0.3) is 0 Å². The van der Waals surface area contributed by atoms with Crippen LogP contribution in [0.3, 0.4) is 0 Å². The second-order valence-electron chi connectivity index (χ2n) is 9.25. The number of aliphatic hydroxyl groups is 1. The number of nitrogens with zero attached hydrogens (tertiary/aromatic N) is 1. The third kappa shape index (κ3) is 4.94. The molecule has 2 aliphatic carbocycles. The van der Waals surface area contributed by atoms with Crippen LogP contribution in [-0.2, 0) is 24.3 Å². The summed E-state index contributed by atoms with van der Waals surface area (Å²) in [6.45, 7) is 2.56. The Bertz CT molecular complexity index is 942. The number of rotatable bonds is 7. The van der Waals surface area contributed by atoms with Gasteiger partial charge >= 0.3 is 0 Å². The number of ether oxygens (including phenoxy) is 1. The van der Waals surface area contributed by atoms with E-state index in [0.717, 1.165) is 55.5 Å². The van der Waals surface area contributed by atoms with Gasteiger partial charge in [0.1, 0.15) is 12.4 Å². The van der Waals surface area contributed by atoms with E-state index in [2.05, 4.69) is 30.3 Å². The lowest BCUT2D eigenvalue weighted by Crippen LogP contribution is -2.40. The van der Waals surface area contributed by atoms with E-state index in [1.165, 1.54) is 16.7 Å². The molecule has 5 heteroatoms. The summed E-state index contributed by atoms with van der Waals surface area (Å²) >= 11 is 0. The van der Waals surface area contributed by atoms with Crippen LogP contribution < -0.4 is 10.5 Å². The molecular formula is C26H34N2O3. The van der Waals surface area contributed by atoms with E-state index in [1.807, 2.05) is 24.3 Å². The molecule has 0 spiro atoms. The van der Waals surface area contributed by atoms with Crippen LogP contribution >= 0.6 is 0 Å². The van der Waals surface area contributed by atoms with Crippen molar-refractivity contribution in [3.63, 3.8) is 0 Å². The summed E-state index contributed by atoms with van der Waals surface area (Å²) in [7, 11) is 1.67. The fraction of sp³-hybridized carbons (Fsp3) is 0.500. The molecule has 0 aromatic heterocycles. The quantitative estimate of drug-likeness (QED) is 0.514. The number of hydrogen-bond acceptors (Lipinski definition) is 5. The average Bonchev–Trinajstić information content (AvgIpc) is 3.21. The van der Waals surface area contributed by atoms with Gasteiger partial charge in [-0.1, -0.05) is 41.6 Å².